The van der Waals surface area contributed by atoms with E-state index in [1.807, 2.05) is 0 Å². The topological polar surface area (TPSA) is 106 Å². The van der Waals surface area contributed by atoms with Gasteiger partial charge in [-0.2, -0.15) is 5.10 Å². The average Bonchev–Trinajstić information content (AvgIpc) is 2.82. The van der Waals surface area contributed by atoms with E-state index in [1.54, 1.807) is 12.1 Å². The Kier molecular flexibility index (Phi) is 8.95. The van der Waals surface area contributed by atoms with Crippen LogP contribution in [-0.4, -0.2) is 31.1 Å². The van der Waals surface area contributed by atoms with Gasteiger partial charge in [-0.25, -0.2) is 10.2 Å². The highest BCUT2D eigenvalue weighted by Crippen LogP contribution is 2.30. The van der Waals surface area contributed by atoms with Crippen LogP contribution in [0.2, 0.25) is 20.1 Å². The SMILES string of the molecule is COc1cc(/C=N\NC(=O)C(=O)Nc2cccc(Cl)c2Cl)ccc1OC(=O)c1ccc(Cl)cc1Cl. The molecule has 0 unspecified atom stereocenters. The third kappa shape index (κ3) is 6.86. The summed E-state index contributed by atoms with van der Waals surface area (Å²) in [7, 11) is 1.38. The largest absolute Gasteiger partial charge is 0.493 e. The lowest BCUT2D eigenvalue weighted by Crippen LogP contribution is -2.32. The standard InChI is InChI=1S/C23H15Cl4N3O5/c1-34-19-9-12(5-8-18(19)35-23(33)14-7-6-13(24)10-16(14)26)11-28-30-22(32)21(31)29-17-4-2-3-15(25)20(17)27/h2-11H,1H3,(H,29,31)(H,30,32)/b28-11-. The second-order valence-electron chi connectivity index (χ2n) is 6.68. The first kappa shape index (κ1) is 26.3. The van der Waals surface area contributed by atoms with Gasteiger partial charge in [-0.3, -0.25) is 9.59 Å². The molecule has 0 saturated heterocycles. The monoisotopic (exact) mass is 553 g/mol. The quantitative estimate of drug-likeness (QED) is 0.135. The Hall–Kier alpha value is -3.30. The number of nitrogens with zero attached hydrogens (tertiary/aromatic N) is 1. The van der Waals surface area contributed by atoms with Gasteiger partial charge in [0, 0.05) is 5.02 Å². The lowest BCUT2D eigenvalue weighted by Gasteiger charge is -2.10. The molecule has 0 radical (unpaired) electrons. The molecule has 0 atom stereocenters. The number of nitrogens with one attached hydrogen (secondary N) is 2. The van der Waals surface area contributed by atoms with Gasteiger partial charge in [0.1, 0.15) is 0 Å². The summed E-state index contributed by atoms with van der Waals surface area (Å²) in [6, 6.07) is 13.5. The molecule has 0 aliphatic rings. The van der Waals surface area contributed by atoms with E-state index >= 15 is 0 Å². The van der Waals surface area contributed by atoms with E-state index in [-0.39, 0.29) is 37.8 Å². The summed E-state index contributed by atoms with van der Waals surface area (Å²) in [5.41, 5.74) is 2.88. The molecule has 0 heterocycles. The number of esters is 1. The highest BCUT2D eigenvalue weighted by atomic mass is 35.5. The molecule has 180 valence electrons. The summed E-state index contributed by atoms with van der Waals surface area (Å²) in [5.74, 6) is -2.39. The molecule has 0 aromatic heterocycles. The van der Waals surface area contributed by atoms with Gasteiger partial charge in [-0.05, 0) is 54.1 Å². The van der Waals surface area contributed by atoms with Crippen LogP contribution in [0.25, 0.3) is 0 Å². The number of hydrogen-bond donors (Lipinski definition) is 2. The number of halogens is 4. The number of anilines is 1. The molecule has 3 aromatic rings. The predicted octanol–water partition coefficient (Wildman–Crippen LogP) is 5.62. The Bertz CT molecular complexity index is 1330. The van der Waals surface area contributed by atoms with Crippen LogP contribution >= 0.6 is 46.4 Å². The summed E-state index contributed by atoms with van der Waals surface area (Å²) in [5, 5.41) is 6.93. The Labute approximate surface area is 219 Å². The van der Waals surface area contributed by atoms with E-state index in [1.165, 1.54) is 55.8 Å². The minimum Gasteiger partial charge on any atom is -0.493 e. The maximum absolute atomic E-state index is 12.4. The van der Waals surface area contributed by atoms with Gasteiger partial charge >= 0.3 is 17.8 Å². The number of methoxy groups -OCH3 is 1. The summed E-state index contributed by atoms with van der Waals surface area (Å²) >= 11 is 23.8. The lowest BCUT2D eigenvalue weighted by molar-refractivity contribution is -0.136. The van der Waals surface area contributed by atoms with Crippen molar-refractivity contribution in [2.45, 2.75) is 0 Å². The maximum Gasteiger partial charge on any atom is 0.345 e. The second kappa shape index (κ2) is 11.9. The van der Waals surface area contributed by atoms with E-state index < -0.39 is 17.8 Å². The van der Waals surface area contributed by atoms with Crippen molar-refractivity contribution in [3.05, 3.63) is 85.8 Å². The predicted molar refractivity (Wildman–Crippen MR) is 135 cm³/mol. The third-order valence-electron chi connectivity index (χ3n) is 4.33. The Balaban J connectivity index is 1.63. The van der Waals surface area contributed by atoms with E-state index in [4.69, 9.17) is 55.9 Å². The van der Waals surface area contributed by atoms with Crippen LogP contribution in [0.5, 0.6) is 11.5 Å². The minimum absolute atomic E-state index is 0.102. The van der Waals surface area contributed by atoms with Gasteiger partial charge in [-0.1, -0.05) is 52.5 Å². The zero-order valence-corrected chi connectivity index (χ0v) is 20.8. The fourth-order valence-electron chi connectivity index (χ4n) is 2.65. The Morgan fingerprint density at radius 3 is 2.37 bits per heavy atom. The number of carbonyl (C=O) groups excluding carboxylic acids is 3. The Morgan fingerprint density at radius 1 is 0.886 bits per heavy atom. The zero-order chi connectivity index (χ0) is 25.5. The number of rotatable bonds is 6. The highest BCUT2D eigenvalue weighted by Gasteiger charge is 2.17. The van der Waals surface area contributed by atoms with Crippen molar-refractivity contribution in [1.82, 2.24) is 5.43 Å². The summed E-state index contributed by atoms with van der Waals surface area (Å²) < 4.78 is 10.6. The van der Waals surface area contributed by atoms with Crippen molar-refractivity contribution in [3.63, 3.8) is 0 Å². The maximum atomic E-state index is 12.4. The molecule has 0 fully saturated rings. The van der Waals surface area contributed by atoms with Crippen LogP contribution in [0, 0.1) is 0 Å². The molecule has 8 nitrogen and oxygen atoms in total. The molecule has 2 amide bonds. The van der Waals surface area contributed by atoms with Gasteiger partial charge in [0.05, 0.1) is 39.6 Å². The highest BCUT2D eigenvalue weighted by molar-refractivity contribution is 6.45. The van der Waals surface area contributed by atoms with E-state index in [2.05, 4.69) is 15.8 Å². The van der Waals surface area contributed by atoms with Crippen molar-refractivity contribution in [2.24, 2.45) is 5.10 Å². The van der Waals surface area contributed by atoms with Crippen LogP contribution in [0.4, 0.5) is 5.69 Å². The van der Waals surface area contributed by atoms with Crippen LogP contribution < -0.4 is 20.2 Å². The van der Waals surface area contributed by atoms with Gasteiger partial charge < -0.3 is 14.8 Å². The normalized spacial score (nSPS) is 10.7. The van der Waals surface area contributed by atoms with Crippen LogP contribution in [0.15, 0.2) is 59.7 Å². The summed E-state index contributed by atoms with van der Waals surface area (Å²) in [4.78, 5) is 36.5. The molecule has 0 aliphatic heterocycles. The van der Waals surface area contributed by atoms with Gasteiger partial charge in [0.2, 0.25) is 0 Å². The number of hydrazone groups is 1. The number of ether oxygens (including phenoxy) is 2. The molecule has 0 spiro atoms. The molecule has 3 aromatic carbocycles. The van der Waals surface area contributed by atoms with Gasteiger partial charge in [-0.15, -0.1) is 0 Å². The fourth-order valence-corrected chi connectivity index (χ4v) is 3.49. The average molecular weight is 555 g/mol. The van der Waals surface area contributed by atoms with Crippen molar-refractivity contribution >= 4 is 76.1 Å². The van der Waals surface area contributed by atoms with Gasteiger partial charge in [0.25, 0.3) is 0 Å². The molecule has 35 heavy (non-hydrogen) atoms. The van der Waals surface area contributed by atoms with E-state index in [0.717, 1.165) is 0 Å². The number of benzene rings is 3. The number of carbonyl (C=O) groups is 3. The van der Waals surface area contributed by atoms with Crippen LogP contribution in [0.1, 0.15) is 15.9 Å². The van der Waals surface area contributed by atoms with E-state index in [9.17, 15) is 14.4 Å². The van der Waals surface area contributed by atoms with Crippen molar-refractivity contribution in [1.29, 1.82) is 0 Å². The first-order chi connectivity index (χ1) is 16.7. The third-order valence-corrected chi connectivity index (χ3v) is 5.69. The molecule has 0 aliphatic carbocycles. The van der Waals surface area contributed by atoms with Gasteiger partial charge in [0.15, 0.2) is 11.5 Å². The summed E-state index contributed by atoms with van der Waals surface area (Å²) in [6.07, 6.45) is 1.27. The molecular formula is C23H15Cl4N3O5. The molecule has 12 heteroatoms. The fraction of sp³-hybridized carbons (Fsp3) is 0.0435. The zero-order valence-electron chi connectivity index (χ0n) is 17.8. The van der Waals surface area contributed by atoms with E-state index in [0.29, 0.717) is 10.6 Å². The number of amides is 2. The number of hydrogen-bond acceptors (Lipinski definition) is 6. The van der Waals surface area contributed by atoms with Crippen molar-refractivity contribution < 1.29 is 23.9 Å². The second-order valence-corrected chi connectivity index (χ2v) is 8.31. The lowest BCUT2D eigenvalue weighted by atomic mass is 10.2. The molecular weight excluding hydrogens is 540 g/mol. The molecule has 0 saturated carbocycles. The first-order valence-corrected chi connectivity index (χ1v) is 11.1. The van der Waals surface area contributed by atoms with Crippen molar-refractivity contribution in [3.8, 4) is 11.5 Å². The van der Waals surface area contributed by atoms with Crippen molar-refractivity contribution in [2.75, 3.05) is 12.4 Å². The first-order valence-electron chi connectivity index (χ1n) is 9.63. The minimum atomic E-state index is -1.03. The summed E-state index contributed by atoms with van der Waals surface area (Å²) in [6.45, 7) is 0. The molecule has 2 N–H and O–H groups in total. The van der Waals surface area contributed by atoms with Crippen LogP contribution in [-0.2, 0) is 9.59 Å². The molecule has 0 bridgehead atoms. The van der Waals surface area contributed by atoms with Crippen LogP contribution in [0.3, 0.4) is 0 Å². The smallest absolute Gasteiger partial charge is 0.345 e. The Morgan fingerprint density at radius 2 is 1.66 bits per heavy atom. The molecule has 3 rings (SSSR count).